The highest BCUT2D eigenvalue weighted by atomic mass is 16.5. The monoisotopic (exact) mass is 477 g/mol. The molecule has 0 bridgehead atoms. The number of nitrogens with one attached hydrogen (secondary N) is 3. The Morgan fingerprint density at radius 2 is 2.09 bits per heavy atom. The number of carbonyl (C=O) groups excluding carboxylic acids is 2. The van der Waals surface area contributed by atoms with Gasteiger partial charge in [-0.3, -0.25) is 9.59 Å². The molecule has 186 valence electrons. The fourth-order valence-corrected chi connectivity index (χ4v) is 5.46. The van der Waals surface area contributed by atoms with Gasteiger partial charge >= 0.3 is 0 Å². The fourth-order valence-electron chi connectivity index (χ4n) is 5.46. The summed E-state index contributed by atoms with van der Waals surface area (Å²) in [6.45, 7) is 1.89. The summed E-state index contributed by atoms with van der Waals surface area (Å²) in [5, 5.41) is 16.9. The molecule has 1 saturated heterocycles. The number of aromatic nitrogens is 1. The van der Waals surface area contributed by atoms with E-state index in [0.29, 0.717) is 39.0 Å². The first-order valence-corrected chi connectivity index (χ1v) is 12.9. The molecule has 1 aromatic carbocycles. The maximum Gasteiger partial charge on any atom is 0.240 e. The number of aromatic amines is 1. The van der Waals surface area contributed by atoms with E-state index in [2.05, 4.69) is 44.9 Å². The largest absolute Gasteiger partial charge is 0.385 e. The van der Waals surface area contributed by atoms with E-state index in [0.717, 1.165) is 42.1 Å². The molecule has 2 saturated carbocycles. The Hall–Kier alpha value is -2.89. The molecule has 1 aromatic heterocycles. The molecule has 3 atom stereocenters. The van der Waals surface area contributed by atoms with Gasteiger partial charge in [-0.05, 0) is 56.6 Å². The summed E-state index contributed by atoms with van der Waals surface area (Å²) < 4.78 is 5.34. The number of hydrogen-bond acceptors (Lipinski definition) is 5. The lowest BCUT2D eigenvalue weighted by Gasteiger charge is -2.38. The SMILES string of the molecule is COCCCC(c1c[nH]c2ccccc12)N(C(=O)[C@@H]1CNC[C@@H](NC(=O)C2(C#N)CC2)C1)C1CC1. The molecule has 3 N–H and O–H groups in total. The minimum atomic E-state index is -0.848. The van der Waals surface area contributed by atoms with Crippen LogP contribution in [0, 0.1) is 22.7 Å². The zero-order valence-corrected chi connectivity index (χ0v) is 20.4. The molecule has 8 heteroatoms. The number of para-hydroxylation sites is 1. The van der Waals surface area contributed by atoms with E-state index in [1.165, 1.54) is 0 Å². The van der Waals surface area contributed by atoms with Gasteiger partial charge < -0.3 is 25.3 Å². The van der Waals surface area contributed by atoms with Crippen molar-refractivity contribution in [2.45, 2.75) is 63.1 Å². The van der Waals surface area contributed by atoms with Crippen LogP contribution in [0.1, 0.15) is 56.6 Å². The summed E-state index contributed by atoms with van der Waals surface area (Å²) in [6, 6.07) is 10.5. The van der Waals surface area contributed by atoms with Gasteiger partial charge in [-0.15, -0.1) is 0 Å². The topological polar surface area (TPSA) is 110 Å². The number of fused-ring (bicyclic) bond motifs is 1. The lowest BCUT2D eigenvalue weighted by molar-refractivity contribution is -0.140. The Bertz CT molecular complexity index is 1110. The van der Waals surface area contributed by atoms with Crippen molar-refractivity contribution >= 4 is 22.7 Å². The second-order valence-corrected chi connectivity index (χ2v) is 10.4. The summed E-state index contributed by atoms with van der Waals surface area (Å²) in [4.78, 5) is 32.2. The van der Waals surface area contributed by atoms with Crippen LogP contribution in [-0.2, 0) is 14.3 Å². The third kappa shape index (κ3) is 4.93. The maximum atomic E-state index is 14.1. The van der Waals surface area contributed by atoms with E-state index >= 15 is 0 Å². The Kier molecular flexibility index (Phi) is 6.81. The van der Waals surface area contributed by atoms with Crippen LogP contribution in [0.5, 0.6) is 0 Å². The van der Waals surface area contributed by atoms with Crippen LogP contribution in [0.25, 0.3) is 10.9 Å². The van der Waals surface area contributed by atoms with Gasteiger partial charge in [0.15, 0.2) is 0 Å². The van der Waals surface area contributed by atoms with Gasteiger partial charge in [-0.25, -0.2) is 0 Å². The van der Waals surface area contributed by atoms with Crippen LogP contribution in [0.2, 0.25) is 0 Å². The van der Waals surface area contributed by atoms with E-state index in [-0.39, 0.29) is 35.9 Å². The van der Waals surface area contributed by atoms with Gasteiger partial charge in [0, 0.05) is 56.0 Å². The summed E-state index contributed by atoms with van der Waals surface area (Å²) in [5.41, 5.74) is 1.39. The van der Waals surface area contributed by atoms with Gasteiger partial charge in [0.25, 0.3) is 0 Å². The standard InChI is InChI=1S/C27H35N5O3/c1-35-12-4-7-24(22-16-30-23-6-3-2-5-21(22)23)32(20-8-9-20)25(33)18-13-19(15-29-14-18)31-26(34)27(17-28)10-11-27/h2-3,5-6,16,18-20,24,29-30H,4,7-15H2,1H3,(H,31,34)/t18-,19-,24?/m0/s1. The molecule has 35 heavy (non-hydrogen) atoms. The number of nitrogens with zero attached hydrogens (tertiary/aromatic N) is 2. The number of hydrogen-bond donors (Lipinski definition) is 3. The average molecular weight is 478 g/mol. The molecular formula is C27H35N5O3. The molecule has 2 aromatic rings. The van der Waals surface area contributed by atoms with Crippen molar-refractivity contribution in [3.63, 3.8) is 0 Å². The number of amides is 2. The lowest BCUT2D eigenvalue weighted by Crippen LogP contribution is -2.54. The highest BCUT2D eigenvalue weighted by Gasteiger charge is 2.51. The first-order valence-electron chi connectivity index (χ1n) is 12.9. The van der Waals surface area contributed by atoms with E-state index < -0.39 is 5.41 Å². The predicted molar refractivity (Wildman–Crippen MR) is 132 cm³/mol. The van der Waals surface area contributed by atoms with Crippen molar-refractivity contribution in [3.05, 3.63) is 36.0 Å². The number of carbonyl (C=O) groups is 2. The van der Waals surface area contributed by atoms with E-state index in [1.54, 1.807) is 7.11 Å². The Morgan fingerprint density at radius 3 is 2.80 bits per heavy atom. The predicted octanol–water partition coefficient (Wildman–Crippen LogP) is 3.02. The van der Waals surface area contributed by atoms with Crippen molar-refractivity contribution in [3.8, 4) is 6.07 Å². The average Bonchev–Trinajstić information content (AvgIpc) is 3.81. The van der Waals surface area contributed by atoms with E-state index in [9.17, 15) is 14.9 Å². The number of ether oxygens (including phenoxy) is 1. The molecule has 3 fully saturated rings. The summed E-state index contributed by atoms with van der Waals surface area (Å²) >= 11 is 0. The van der Waals surface area contributed by atoms with Gasteiger partial charge in [-0.1, -0.05) is 18.2 Å². The minimum absolute atomic E-state index is 0.0235. The number of H-pyrrole nitrogens is 1. The van der Waals surface area contributed by atoms with Gasteiger partial charge in [0.1, 0.15) is 5.41 Å². The van der Waals surface area contributed by atoms with Gasteiger partial charge in [-0.2, -0.15) is 5.26 Å². The zero-order valence-electron chi connectivity index (χ0n) is 20.4. The van der Waals surface area contributed by atoms with Crippen molar-refractivity contribution in [2.24, 2.45) is 11.3 Å². The number of benzene rings is 1. The number of methoxy groups -OCH3 is 1. The molecular weight excluding hydrogens is 442 g/mol. The Labute approximate surface area is 206 Å². The summed E-state index contributed by atoms with van der Waals surface area (Å²) in [6.07, 6.45) is 7.67. The van der Waals surface area contributed by atoms with Crippen molar-refractivity contribution in [1.82, 2.24) is 20.5 Å². The summed E-state index contributed by atoms with van der Waals surface area (Å²) in [5.74, 6) is -0.231. The van der Waals surface area contributed by atoms with Crippen LogP contribution in [-0.4, -0.2) is 60.6 Å². The van der Waals surface area contributed by atoms with Crippen LogP contribution in [0.15, 0.2) is 30.5 Å². The molecule has 3 aliphatic rings. The fraction of sp³-hybridized carbons (Fsp3) is 0.593. The molecule has 1 unspecified atom stereocenters. The third-order valence-electron chi connectivity index (χ3n) is 7.77. The molecule has 2 aliphatic carbocycles. The summed E-state index contributed by atoms with van der Waals surface area (Å²) in [7, 11) is 1.71. The second kappa shape index (κ2) is 10.00. The number of piperidine rings is 1. The van der Waals surface area contributed by atoms with E-state index in [4.69, 9.17) is 4.74 Å². The highest BCUT2D eigenvalue weighted by molar-refractivity contribution is 5.89. The highest BCUT2D eigenvalue weighted by Crippen LogP contribution is 2.45. The van der Waals surface area contributed by atoms with Gasteiger partial charge in [0.2, 0.25) is 11.8 Å². The molecule has 8 nitrogen and oxygen atoms in total. The van der Waals surface area contributed by atoms with Crippen LogP contribution >= 0.6 is 0 Å². The van der Waals surface area contributed by atoms with Crippen molar-refractivity contribution in [1.29, 1.82) is 5.26 Å². The third-order valence-corrected chi connectivity index (χ3v) is 7.77. The molecule has 0 spiro atoms. The maximum absolute atomic E-state index is 14.1. The van der Waals surface area contributed by atoms with Crippen LogP contribution in [0.3, 0.4) is 0 Å². The molecule has 1 aliphatic heterocycles. The Balaban J connectivity index is 1.36. The van der Waals surface area contributed by atoms with Crippen LogP contribution in [0.4, 0.5) is 0 Å². The quantitative estimate of drug-likeness (QED) is 0.456. The molecule has 5 rings (SSSR count). The molecule has 2 heterocycles. The Morgan fingerprint density at radius 1 is 1.29 bits per heavy atom. The lowest BCUT2D eigenvalue weighted by atomic mass is 9.91. The van der Waals surface area contributed by atoms with Crippen LogP contribution < -0.4 is 10.6 Å². The second-order valence-electron chi connectivity index (χ2n) is 10.4. The minimum Gasteiger partial charge on any atom is -0.385 e. The zero-order chi connectivity index (χ0) is 24.4. The number of rotatable bonds is 10. The molecule has 0 radical (unpaired) electrons. The first-order chi connectivity index (χ1) is 17.1. The smallest absolute Gasteiger partial charge is 0.240 e. The van der Waals surface area contributed by atoms with E-state index in [1.807, 2.05) is 12.1 Å². The normalized spacial score (nSPS) is 23.9. The van der Waals surface area contributed by atoms with Crippen molar-refractivity contribution in [2.75, 3.05) is 26.8 Å². The first kappa shape index (κ1) is 23.8. The van der Waals surface area contributed by atoms with Crippen molar-refractivity contribution < 1.29 is 14.3 Å². The van der Waals surface area contributed by atoms with Gasteiger partial charge in [0.05, 0.1) is 18.0 Å². The number of nitriles is 1. The molecule has 2 amide bonds.